The van der Waals surface area contributed by atoms with E-state index in [2.05, 4.69) is 15.4 Å². The van der Waals surface area contributed by atoms with Crippen molar-refractivity contribution in [1.29, 1.82) is 0 Å². The van der Waals surface area contributed by atoms with Crippen LogP contribution in [-0.4, -0.2) is 21.3 Å². The molecule has 0 saturated carbocycles. The molecule has 0 aliphatic carbocycles. The first kappa shape index (κ1) is 15.5. The van der Waals surface area contributed by atoms with Crippen LogP contribution in [0.3, 0.4) is 0 Å². The van der Waals surface area contributed by atoms with Gasteiger partial charge in [-0.2, -0.15) is 5.10 Å². The molecule has 112 valence electrons. The van der Waals surface area contributed by atoms with Crippen molar-refractivity contribution >= 4 is 17.3 Å². The molecule has 21 heavy (non-hydrogen) atoms. The topological polar surface area (TPSA) is 59.8 Å². The molecule has 2 aromatic rings. The van der Waals surface area contributed by atoms with Crippen LogP contribution in [0.15, 0.2) is 35.5 Å². The number of anilines is 1. The lowest BCUT2D eigenvalue weighted by atomic mass is 10.2. The summed E-state index contributed by atoms with van der Waals surface area (Å²) < 4.78 is 1.40. The summed E-state index contributed by atoms with van der Waals surface area (Å²) in [4.78, 5) is 16.1. The molecule has 0 bridgehead atoms. The maximum absolute atomic E-state index is 12.1. The van der Waals surface area contributed by atoms with Crippen LogP contribution in [0.1, 0.15) is 19.4 Å². The molecule has 5 nitrogen and oxygen atoms in total. The Hall–Kier alpha value is -1.88. The van der Waals surface area contributed by atoms with E-state index in [0.29, 0.717) is 24.7 Å². The van der Waals surface area contributed by atoms with Crippen LogP contribution < -0.4 is 10.9 Å². The van der Waals surface area contributed by atoms with Gasteiger partial charge in [0, 0.05) is 25.5 Å². The highest BCUT2D eigenvalue weighted by Gasteiger charge is 2.09. The van der Waals surface area contributed by atoms with Crippen molar-refractivity contribution in [2.75, 3.05) is 11.9 Å². The summed E-state index contributed by atoms with van der Waals surface area (Å²) in [6, 6.07) is 3.92. The Kier molecular flexibility index (Phi) is 5.33. The van der Waals surface area contributed by atoms with Crippen molar-refractivity contribution in [2.45, 2.75) is 26.8 Å². The first-order chi connectivity index (χ1) is 10.1. The average Bonchev–Trinajstić information content (AvgIpc) is 2.47. The summed E-state index contributed by atoms with van der Waals surface area (Å²) in [6.07, 6.45) is 5.96. The second-order valence-electron chi connectivity index (χ2n) is 5.29. The first-order valence-corrected chi connectivity index (χ1v) is 7.34. The van der Waals surface area contributed by atoms with Gasteiger partial charge >= 0.3 is 0 Å². The molecular weight excluding hydrogens is 288 g/mol. The number of rotatable bonds is 6. The Labute approximate surface area is 129 Å². The van der Waals surface area contributed by atoms with Gasteiger partial charge in [0.05, 0.1) is 11.9 Å². The number of halogens is 1. The lowest BCUT2D eigenvalue weighted by molar-refractivity contribution is 0.464. The summed E-state index contributed by atoms with van der Waals surface area (Å²) in [5, 5.41) is 7.50. The second-order valence-corrected chi connectivity index (χ2v) is 5.66. The van der Waals surface area contributed by atoms with Crippen LogP contribution in [0, 0.1) is 5.92 Å². The van der Waals surface area contributed by atoms with Crippen molar-refractivity contribution in [3.05, 3.63) is 51.7 Å². The van der Waals surface area contributed by atoms with Gasteiger partial charge in [0.15, 0.2) is 0 Å². The highest BCUT2D eigenvalue weighted by molar-refractivity contribution is 6.32. The Morgan fingerprint density at radius 1 is 1.33 bits per heavy atom. The van der Waals surface area contributed by atoms with Gasteiger partial charge in [0.1, 0.15) is 5.02 Å². The van der Waals surface area contributed by atoms with E-state index in [1.807, 2.05) is 26.0 Å². The van der Waals surface area contributed by atoms with Gasteiger partial charge < -0.3 is 5.32 Å². The summed E-state index contributed by atoms with van der Waals surface area (Å²) in [5.41, 5.74) is 1.50. The molecule has 0 spiro atoms. The van der Waals surface area contributed by atoms with Crippen molar-refractivity contribution in [1.82, 2.24) is 14.8 Å². The third kappa shape index (κ3) is 4.29. The predicted octanol–water partition coefficient (Wildman–Crippen LogP) is 2.60. The summed E-state index contributed by atoms with van der Waals surface area (Å²) in [5.74, 6) is 0.344. The molecule has 0 aliphatic heterocycles. The number of aromatic nitrogens is 3. The lowest BCUT2D eigenvalue weighted by Gasteiger charge is -2.11. The van der Waals surface area contributed by atoms with Crippen molar-refractivity contribution in [3.63, 3.8) is 0 Å². The zero-order chi connectivity index (χ0) is 15.2. The van der Waals surface area contributed by atoms with Crippen molar-refractivity contribution in [3.8, 4) is 0 Å². The minimum Gasteiger partial charge on any atom is -0.382 e. The fourth-order valence-electron chi connectivity index (χ4n) is 1.96. The lowest BCUT2D eigenvalue weighted by Crippen LogP contribution is -2.26. The first-order valence-electron chi connectivity index (χ1n) is 6.96. The zero-order valence-corrected chi connectivity index (χ0v) is 13.0. The van der Waals surface area contributed by atoms with E-state index in [1.54, 1.807) is 18.6 Å². The van der Waals surface area contributed by atoms with E-state index in [1.165, 1.54) is 10.2 Å². The van der Waals surface area contributed by atoms with Crippen LogP contribution in [0.2, 0.25) is 5.02 Å². The minimum atomic E-state index is -0.251. The number of pyridine rings is 1. The Bertz CT molecular complexity index is 640. The summed E-state index contributed by atoms with van der Waals surface area (Å²) in [6.45, 7) is 5.31. The molecule has 1 N–H and O–H groups in total. The smallest absolute Gasteiger partial charge is 0.287 e. The van der Waals surface area contributed by atoms with E-state index in [4.69, 9.17) is 11.6 Å². The molecule has 0 atom stereocenters. The molecule has 2 heterocycles. The molecular formula is C15H19ClN4O. The zero-order valence-electron chi connectivity index (χ0n) is 12.2. The number of nitrogens with zero attached hydrogens (tertiary/aromatic N) is 3. The molecule has 0 fully saturated rings. The van der Waals surface area contributed by atoms with E-state index >= 15 is 0 Å². The highest BCUT2D eigenvalue weighted by atomic mass is 35.5. The van der Waals surface area contributed by atoms with Gasteiger partial charge in [-0.3, -0.25) is 9.78 Å². The van der Waals surface area contributed by atoms with E-state index in [-0.39, 0.29) is 10.6 Å². The summed E-state index contributed by atoms with van der Waals surface area (Å²) in [7, 11) is 0. The molecule has 0 aliphatic rings. The fourth-order valence-corrected chi connectivity index (χ4v) is 2.17. The summed E-state index contributed by atoms with van der Waals surface area (Å²) >= 11 is 6.12. The normalized spacial score (nSPS) is 10.9. The monoisotopic (exact) mass is 306 g/mol. The van der Waals surface area contributed by atoms with Crippen LogP contribution in [0.25, 0.3) is 0 Å². The molecule has 6 heteroatoms. The van der Waals surface area contributed by atoms with Gasteiger partial charge in [-0.25, -0.2) is 4.68 Å². The van der Waals surface area contributed by atoms with E-state index < -0.39 is 0 Å². The van der Waals surface area contributed by atoms with Crippen LogP contribution in [0.4, 0.5) is 5.69 Å². The molecule has 0 amide bonds. The maximum atomic E-state index is 12.1. The molecule has 0 saturated heterocycles. The van der Waals surface area contributed by atoms with Gasteiger partial charge in [-0.1, -0.05) is 25.4 Å². The van der Waals surface area contributed by atoms with Gasteiger partial charge in [0.25, 0.3) is 5.56 Å². The molecule has 0 radical (unpaired) electrons. The Morgan fingerprint density at radius 3 is 2.71 bits per heavy atom. The third-order valence-electron chi connectivity index (χ3n) is 3.00. The minimum absolute atomic E-state index is 0.195. The number of nitrogens with one attached hydrogen (secondary N) is 1. The standard InChI is InChI=1S/C15H19ClN4O/c1-11(2)10-20-15(21)14(16)13(9-19-20)18-8-5-12-3-6-17-7-4-12/h3-4,6-7,9,11,18H,5,8,10H2,1-2H3. The van der Waals surface area contributed by atoms with E-state index in [0.717, 1.165) is 6.42 Å². The molecule has 2 aromatic heterocycles. The molecule has 0 unspecified atom stereocenters. The number of hydrogen-bond donors (Lipinski definition) is 1. The number of hydrogen-bond acceptors (Lipinski definition) is 4. The van der Waals surface area contributed by atoms with Gasteiger partial charge in [0.2, 0.25) is 0 Å². The highest BCUT2D eigenvalue weighted by Crippen LogP contribution is 2.15. The largest absolute Gasteiger partial charge is 0.382 e. The van der Waals surface area contributed by atoms with E-state index in [9.17, 15) is 4.79 Å². The van der Waals surface area contributed by atoms with Crippen LogP contribution in [-0.2, 0) is 13.0 Å². The van der Waals surface area contributed by atoms with Crippen molar-refractivity contribution < 1.29 is 0 Å². The van der Waals surface area contributed by atoms with Gasteiger partial charge in [-0.05, 0) is 30.0 Å². The second kappa shape index (κ2) is 7.22. The van der Waals surface area contributed by atoms with Crippen molar-refractivity contribution in [2.24, 2.45) is 5.92 Å². The predicted molar refractivity (Wildman–Crippen MR) is 84.8 cm³/mol. The molecule has 2 rings (SSSR count). The Balaban J connectivity index is 2.01. The quantitative estimate of drug-likeness (QED) is 0.891. The van der Waals surface area contributed by atoms with Crippen LogP contribution >= 0.6 is 11.6 Å². The van der Waals surface area contributed by atoms with Crippen LogP contribution in [0.5, 0.6) is 0 Å². The SMILES string of the molecule is CC(C)Cn1ncc(NCCc2ccncc2)c(Cl)c1=O. The van der Waals surface area contributed by atoms with Gasteiger partial charge in [-0.15, -0.1) is 0 Å². The third-order valence-corrected chi connectivity index (χ3v) is 3.37. The fraction of sp³-hybridized carbons (Fsp3) is 0.400. The average molecular weight is 307 g/mol. The Morgan fingerprint density at radius 2 is 2.05 bits per heavy atom. The molecule has 0 aromatic carbocycles. The maximum Gasteiger partial charge on any atom is 0.287 e.